The average molecular weight is 603 g/mol. The molecule has 0 fully saturated rings. The summed E-state index contributed by atoms with van der Waals surface area (Å²) >= 11 is 5.99. The Balaban J connectivity index is 1.41. The molecule has 0 aliphatic heterocycles. The van der Waals surface area contributed by atoms with Crippen LogP contribution in [0.25, 0.3) is 0 Å². The summed E-state index contributed by atoms with van der Waals surface area (Å²) in [5.74, 6) is -0.713. The molecule has 0 radical (unpaired) electrons. The van der Waals surface area contributed by atoms with Gasteiger partial charge in [0.1, 0.15) is 0 Å². The Labute approximate surface area is 251 Å². The summed E-state index contributed by atoms with van der Waals surface area (Å²) in [7, 11) is -3.53. The van der Waals surface area contributed by atoms with Crippen molar-refractivity contribution in [2.24, 2.45) is 5.10 Å². The zero-order valence-electron chi connectivity index (χ0n) is 23.7. The first-order valence-corrected chi connectivity index (χ1v) is 15.3. The fraction of sp³-hybridized carbons (Fsp3) is 0.156. The highest BCUT2D eigenvalue weighted by Crippen LogP contribution is 2.24. The van der Waals surface area contributed by atoms with Gasteiger partial charge in [-0.2, -0.15) is 5.10 Å². The molecule has 0 spiro atoms. The minimum atomic E-state index is -3.53. The second kappa shape index (κ2) is 13.0. The van der Waals surface area contributed by atoms with E-state index in [1.807, 2.05) is 32.0 Å². The van der Waals surface area contributed by atoms with Crippen LogP contribution in [0.3, 0.4) is 0 Å². The van der Waals surface area contributed by atoms with E-state index in [0.717, 1.165) is 16.7 Å². The number of benzene rings is 4. The highest BCUT2D eigenvalue weighted by atomic mass is 35.5. The molecule has 4 rings (SSSR count). The predicted octanol–water partition coefficient (Wildman–Crippen LogP) is 6.33. The lowest BCUT2D eigenvalue weighted by Crippen LogP contribution is -2.29. The lowest BCUT2D eigenvalue weighted by atomic mass is 10.1. The van der Waals surface area contributed by atoms with Crippen molar-refractivity contribution in [2.75, 3.05) is 15.9 Å². The van der Waals surface area contributed by atoms with Crippen LogP contribution in [0.2, 0.25) is 5.02 Å². The van der Waals surface area contributed by atoms with E-state index >= 15 is 0 Å². The van der Waals surface area contributed by atoms with E-state index in [2.05, 4.69) is 15.8 Å². The number of nitrogens with zero attached hydrogens (tertiary/aromatic N) is 2. The molecule has 2 N–H and O–H groups in total. The summed E-state index contributed by atoms with van der Waals surface area (Å²) in [4.78, 5) is 25.3. The zero-order valence-corrected chi connectivity index (χ0v) is 25.3. The standard InChI is InChI=1S/C32H31ClN4O4S/c1-21-11-16-30(17-22(21)2)37(42(4,40)41)20-24-12-14-25(15-13-24)32(39)36-35-23(3)26-7-6-10-29(19-26)34-31(38)27-8-5-9-28(33)18-27/h5-19H,20H2,1-4H3,(H,34,38)(H,36,39)/b35-23-. The SMILES string of the molecule is C/C(=N/NC(=O)c1ccc(CN(c2ccc(C)c(C)c2)S(C)(=O)=O)cc1)c1cccc(NC(=O)c2cccc(Cl)c2)c1. The Bertz CT molecular complexity index is 1770. The second-order valence-corrected chi connectivity index (χ2v) is 12.3. The summed E-state index contributed by atoms with van der Waals surface area (Å²) in [6, 6.07) is 26.0. The van der Waals surface area contributed by atoms with Gasteiger partial charge in [0.15, 0.2) is 0 Å². The summed E-state index contributed by atoms with van der Waals surface area (Å²) < 4.78 is 26.4. The largest absolute Gasteiger partial charge is 0.322 e. The van der Waals surface area contributed by atoms with E-state index in [4.69, 9.17) is 11.6 Å². The zero-order chi connectivity index (χ0) is 30.4. The van der Waals surface area contributed by atoms with Gasteiger partial charge in [-0.15, -0.1) is 0 Å². The molecule has 4 aromatic carbocycles. The van der Waals surface area contributed by atoms with Crippen molar-refractivity contribution in [3.8, 4) is 0 Å². The Hall–Kier alpha value is -4.47. The Morgan fingerprint density at radius 2 is 1.50 bits per heavy atom. The Morgan fingerprint density at radius 3 is 2.17 bits per heavy atom. The fourth-order valence-corrected chi connectivity index (χ4v) is 5.20. The quantitative estimate of drug-likeness (QED) is 0.172. The molecule has 0 aliphatic rings. The smallest absolute Gasteiger partial charge is 0.271 e. The van der Waals surface area contributed by atoms with Crippen LogP contribution in [0.5, 0.6) is 0 Å². The monoisotopic (exact) mass is 602 g/mol. The first-order chi connectivity index (χ1) is 19.9. The number of anilines is 2. The summed E-state index contributed by atoms with van der Waals surface area (Å²) in [6.07, 6.45) is 1.17. The molecule has 10 heteroatoms. The number of hydrazone groups is 1. The van der Waals surface area contributed by atoms with Crippen molar-refractivity contribution in [2.45, 2.75) is 27.3 Å². The van der Waals surface area contributed by atoms with Crippen molar-refractivity contribution in [3.05, 3.63) is 129 Å². The van der Waals surface area contributed by atoms with Crippen LogP contribution in [0.4, 0.5) is 11.4 Å². The number of halogens is 1. The molecule has 42 heavy (non-hydrogen) atoms. The van der Waals surface area contributed by atoms with Gasteiger partial charge < -0.3 is 5.32 Å². The van der Waals surface area contributed by atoms with Crippen molar-refractivity contribution in [1.82, 2.24) is 5.43 Å². The van der Waals surface area contributed by atoms with E-state index < -0.39 is 15.9 Å². The first kappa shape index (κ1) is 30.5. The van der Waals surface area contributed by atoms with Crippen LogP contribution >= 0.6 is 11.6 Å². The van der Waals surface area contributed by atoms with Crippen LogP contribution < -0.4 is 15.0 Å². The van der Waals surface area contributed by atoms with E-state index in [1.54, 1.807) is 79.7 Å². The van der Waals surface area contributed by atoms with Gasteiger partial charge in [-0.1, -0.05) is 48.0 Å². The highest BCUT2D eigenvalue weighted by Gasteiger charge is 2.19. The number of rotatable bonds is 9. The van der Waals surface area contributed by atoms with Crippen LogP contribution in [-0.2, 0) is 16.6 Å². The summed E-state index contributed by atoms with van der Waals surface area (Å²) in [5, 5.41) is 7.52. The molecule has 0 atom stereocenters. The molecule has 0 bridgehead atoms. The maximum atomic E-state index is 12.8. The highest BCUT2D eigenvalue weighted by molar-refractivity contribution is 7.92. The minimum absolute atomic E-state index is 0.130. The number of amides is 2. The second-order valence-electron chi connectivity index (χ2n) is 9.92. The molecule has 2 amide bonds. The van der Waals surface area contributed by atoms with Gasteiger partial charge in [-0.05, 0) is 97.6 Å². The van der Waals surface area contributed by atoms with Gasteiger partial charge >= 0.3 is 0 Å². The molecule has 0 saturated carbocycles. The number of hydrogen-bond acceptors (Lipinski definition) is 5. The van der Waals surface area contributed by atoms with E-state index in [-0.39, 0.29) is 12.5 Å². The topological polar surface area (TPSA) is 108 Å². The molecular weight excluding hydrogens is 572 g/mol. The molecule has 0 aromatic heterocycles. The minimum Gasteiger partial charge on any atom is -0.322 e. The Kier molecular flexibility index (Phi) is 9.45. The predicted molar refractivity (Wildman–Crippen MR) is 169 cm³/mol. The van der Waals surface area contributed by atoms with Crippen molar-refractivity contribution in [3.63, 3.8) is 0 Å². The number of hydrogen-bond donors (Lipinski definition) is 2. The third-order valence-corrected chi connectivity index (χ3v) is 8.05. The summed E-state index contributed by atoms with van der Waals surface area (Å²) in [6.45, 7) is 5.78. The van der Waals surface area contributed by atoms with Gasteiger partial charge in [0.05, 0.1) is 24.2 Å². The molecule has 216 valence electrons. The number of nitrogens with one attached hydrogen (secondary N) is 2. The maximum Gasteiger partial charge on any atom is 0.271 e. The van der Waals surface area contributed by atoms with Crippen LogP contribution in [0.1, 0.15) is 49.9 Å². The van der Waals surface area contributed by atoms with Gasteiger partial charge in [-0.3, -0.25) is 13.9 Å². The van der Waals surface area contributed by atoms with Crippen molar-refractivity contribution < 1.29 is 18.0 Å². The van der Waals surface area contributed by atoms with Crippen molar-refractivity contribution >= 4 is 50.5 Å². The molecule has 0 unspecified atom stereocenters. The molecular formula is C32H31ClN4O4S. The van der Waals surface area contributed by atoms with Gasteiger partial charge in [0.2, 0.25) is 10.0 Å². The first-order valence-electron chi connectivity index (χ1n) is 13.1. The Morgan fingerprint density at radius 1 is 0.810 bits per heavy atom. The van der Waals surface area contributed by atoms with E-state index in [0.29, 0.717) is 38.8 Å². The normalized spacial score (nSPS) is 11.6. The average Bonchev–Trinajstić information content (AvgIpc) is 2.96. The van der Waals surface area contributed by atoms with Gasteiger partial charge in [-0.25, -0.2) is 13.8 Å². The molecule has 0 saturated heterocycles. The summed E-state index contributed by atoms with van der Waals surface area (Å²) in [5.41, 5.74) is 8.56. The van der Waals surface area contributed by atoms with E-state index in [9.17, 15) is 18.0 Å². The van der Waals surface area contributed by atoms with Gasteiger partial charge in [0.25, 0.3) is 11.8 Å². The third kappa shape index (κ3) is 7.84. The lowest BCUT2D eigenvalue weighted by molar-refractivity contribution is 0.0954. The van der Waals surface area contributed by atoms with Crippen LogP contribution in [0.15, 0.2) is 96.1 Å². The molecule has 4 aromatic rings. The maximum absolute atomic E-state index is 12.8. The molecule has 8 nitrogen and oxygen atoms in total. The van der Waals surface area contributed by atoms with Crippen LogP contribution in [0, 0.1) is 13.8 Å². The molecule has 0 heterocycles. The van der Waals surface area contributed by atoms with Crippen molar-refractivity contribution in [1.29, 1.82) is 0 Å². The number of aryl methyl sites for hydroxylation is 2. The third-order valence-electron chi connectivity index (χ3n) is 6.67. The van der Waals surface area contributed by atoms with Gasteiger partial charge in [0, 0.05) is 21.8 Å². The van der Waals surface area contributed by atoms with Crippen LogP contribution in [-0.4, -0.2) is 32.2 Å². The lowest BCUT2D eigenvalue weighted by Gasteiger charge is -2.23. The number of carbonyl (C=O) groups is 2. The molecule has 0 aliphatic carbocycles. The number of sulfonamides is 1. The van der Waals surface area contributed by atoms with E-state index in [1.165, 1.54) is 10.6 Å². The number of carbonyl (C=O) groups excluding carboxylic acids is 2. The fourth-order valence-electron chi connectivity index (χ4n) is 4.13.